The second-order valence-corrected chi connectivity index (χ2v) is 7.42. The van der Waals surface area contributed by atoms with E-state index in [-0.39, 0.29) is 5.92 Å². The average molecular weight is 330 g/mol. The van der Waals surface area contributed by atoms with Crippen LogP contribution in [-0.4, -0.2) is 21.9 Å². The zero-order valence-corrected chi connectivity index (χ0v) is 14.5. The summed E-state index contributed by atoms with van der Waals surface area (Å²) in [4.78, 5) is 15.3. The molecule has 2 atom stereocenters. The van der Waals surface area contributed by atoms with Gasteiger partial charge in [-0.25, -0.2) is 0 Å². The summed E-state index contributed by atoms with van der Waals surface area (Å²) in [6, 6.07) is 18.9. The molecule has 2 heterocycles. The van der Waals surface area contributed by atoms with E-state index in [1.807, 2.05) is 18.2 Å². The SMILES string of the molecule is Cn1c2c(c3ccccc31)[C@@H]1C(=O)N(Cc3ccccc3)C[C@@H]1CC2. The van der Waals surface area contributed by atoms with Gasteiger partial charge in [0.15, 0.2) is 0 Å². The molecule has 1 fully saturated rings. The molecule has 0 spiro atoms. The number of likely N-dealkylation sites (tertiary alicyclic amines) is 1. The quantitative estimate of drug-likeness (QED) is 0.700. The Kier molecular flexibility index (Phi) is 3.24. The molecule has 1 aromatic heterocycles. The molecule has 1 saturated heterocycles. The molecular formula is C22H22N2O. The summed E-state index contributed by atoms with van der Waals surface area (Å²) in [5.41, 5.74) is 5.13. The summed E-state index contributed by atoms with van der Waals surface area (Å²) in [7, 11) is 2.14. The van der Waals surface area contributed by atoms with Gasteiger partial charge in [0.05, 0.1) is 5.92 Å². The van der Waals surface area contributed by atoms with Crippen LogP contribution in [-0.2, 0) is 24.8 Å². The fourth-order valence-corrected chi connectivity index (χ4v) is 4.89. The molecule has 3 nitrogen and oxygen atoms in total. The molecule has 3 heteroatoms. The van der Waals surface area contributed by atoms with Gasteiger partial charge in [-0.3, -0.25) is 4.79 Å². The fraction of sp³-hybridized carbons (Fsp3) is 0.318. The third-order valence-electron chi connectivity index (χ3n) is 6.05. The number of rotatable bonds is 2. The number of amides is 1. The Labute approximate surface area is 147 Å². The number of nitrogens with zero attached hydrogens (tertiary/aromatic N) is 2. The number of hydrogen-bond acceptors (Lipinski definition) is 1. The Morgan fingerprint density at radius 1 is 1.04 bits per heavy atom. The van der Waals surface area contributed by atoms with Crippen LogP contribution in [0.25, 0.3) is 10.9 Å². The van der Waals surface area contributed by atoms with E-state index in [4.69, 9.17) is 0 Å². The first-order valence-corrected chi connectivity index (χ1v) is 9.13. The number of aryl methyl sites for hydroxylation is 1. The summed E-state index contributed by atoms with van der Waals surface area (Å²) < 4.78 is 2.30. The molecule has 3 aromatic rings. The number of aromatic nitrogens is 1. The first-order valence-electron chi connectivity index (χ1n) is 9.13. The smallest absolute Gasteiger partial charge is 0.230 e. The molecular weight excluding hydrogens is 308 g/mol. The van der Waals surface area contributed by atoms with Gasteiger partial charge in [0, 0.05) is 36.7 Å². The average Bonchev–Trinajstić information content (AvgIpc) is 3.12. The monoisotopic (exact) mass is 330 g/mol. The number of fused-ring (bicyclic) bond motifs is 5. The van der Waals surface area contributed by atoms with Crippen LogP contribution in [0.15, 0.2) is 54.6 Å². The van der Waals surface area contributed by atoms with Gasteiger partial charge < -0.3 is 9.47 Å². The molecule has 1 aliphatic carbocycles. The predicted octanol–water partition coefficient (Wildman–Crippen LogP) is 3.87. The lowest BCUT2D eigenvalue weighted by Gasteiger charge is -2.24. The molecule has 0 radical (unpaired) electrons. The van der Waals surface area contributed by atoms with Crippen LogP contribution < -0.4 is 0 Å². The first-order chi connectivity index (χ1) is 12.2. The summed E-state index contributed by atoms with van der Waals surface area (Å²) in [5, 5.41) is 1.27. The first kappa shape index (κ1) is 14.8. The van der Waals surface area contributed by atoms with Crippen LogP contribution >= 0.6 is 0 Å². The van der Waals surface area contributed by atoms with Gasteiger partial charge in [-0.2, -0.15) is 0 Å². The van der Waals surface area contributed by atoms with Crippen LogP contribution in [0.2, 0.25) is 0 Å². The van der Waals surface area contributed by atoms with E-state index < -0.39 is 0 Å². The highest BCUT2D eigenvalue weighted by molar-refractivity contribution is 5.95. The molecule has 5 rings (SSSR count). The van der Waals surface area contributed by atoms with Crippen molar-refractivity contribution in [1.82, 2.24) is 9.47 Å². The maximum Gasteiger partial charge on any atom is 0.230 e. The van der Waals surface area contributed by atoms with E-state index >= 15 is 0 Å². The number of benzene rings is 2. The topological polar surface area (TPSA) is 25.2 Å². The van der Waals surface area contributed by atoms with E-state index in [1.165, 1.54) is 27.7 Å². The number of hydrogen-bond donors (Lipinski definition) is 0. The van der Waals surface area contributed by atoms with Gasteiger partial charge in [-0.05, 0) is 36.0 Å². The van der Waals surface area contributed by atoms with Gasteiger partial charge in [-0.1, -0.05) is 48.5 Å². The summed E-state index contributed by atoms with van der Waals surface area (Å²) >= 11 is 0. The van der Waals surface area contributed by atoms with Gasteiger partial charge in [0.2, 0.25) is 5.91 Å². The Balaban J connectivity index is 1.56. The highest BCUT2D eigenvalue weighted by Crippen LogP contribution is 2.46. The van der Waals surface area contributed by atoms with Crippen molar-refractivity contribution in [1.29, 1.82) is 0 Å². The maximum atomic E-state index is 13.3. The maximum absolute atomic E-state index is 13.3. The van der Waals surface area contributed by atoms with Crippen molar-refractivity contribution in [2.45, 2.75) is 25.3 Å². The van der Waals surface area contributed by atoms with Crippen molar-refractivity contribution >= 4 is 16.8 Å². The Morgan fingerprint density at radius 2 is 1.80 bits per heavy atom. The van der Waals surface area contributed by atoms with Crippen LogP contribution in [0.3, 0.4) is 0 Å². The molecule has 1 amide bonds. The summed E-state index contributed by atoms with van der Waals surface area (Å²) in [5.74, 6) is 0.805. The zero-order valence-electron chi connectivity index (χ0n) is 14.5. The van der Waals surface area contributed by atoms with E-state index in [2.05, 4.69) is 52.9 Å². The van der Waals surface area contributed by atoms with Crippen molar-refractivity contribution < 1.29 is 4.79 Å². The Hall–Kier alpha value is -2.55. The molecule has 2 aromatic carbocycles. The molecule has 25 heavy (non-hydrogen) atoms. The van der Waals surface area contributed by atoms with Gasteiger partial charge in [0.25, 0.3) is 0 Å². The van der Waals surface area contributed by atoms with E-state index in [0.29, 0.717) is 11.8 Å². The molecule has 2 aliphatic rings. The van der Waals surface area contributed by atoms with Crippen molar-refractivity contribution in [2.75, 3.05) is 6.54 Å². The van der Waals surface area contributed by atoms with Crippen LogP contribution in [0, 0.1) is 5.92 Å². The lowest BCUT2D eigenvalue weighted by Crippen LogP contribution is -2.26. The second kappa shape index (κ2) is 5.48. The lowest BCUT2D eigenvalue weighted by molar-refractivity contribution is -0.129. The molecule has 1 aliphatic heterocycles. The summed E-state index contributed by atoms with van der Waals surface area (Å²) in [6.45, 7) is 1.62. The molecule has 126 valence electrons. The number of carbonyl (C=O) groups excluding carboxylic acids is 1. The molecule has 0 unspecified atom stereocenters. The third kappa shape index (κ3) is 2.15. The third-order valence-corrected chi connectivity index (χ3v) is 6.05. The minimum Gasteiger partial charge on any atom is -0.347 e. The van der Waals surface area contributed by atoms with Gasteiger partial charge in [-0.15, -0.1) is 0 Å². The zero-order chi connectivity index (χ0) is 17.0. The van der Waals surface area contributed by atoms with Crippen molar-refractivity contribution in [3.8, 4) is 0 Å². The van der Waals surface area contributed by atoms with Crippen LogP contribution in [0.4, 0.5) is 0 Å². The Morgan fingerprint density at radius 3 is 2.64 bits per heavy atom. The highest BCUT2D eigenvalue weighted by Gasteiger charge is 2.45. The van der Waals surface area contributed by atoms with E-state index in [9.17, 15) is 4.79 Å². The minimum atomic E-state index is 0.0403. The summed E-state index contributed by atoms with van der Waals surface area (Å²) in [6.07, 6.45) is 2.19. The van der Waals surface area contributed by atoms with Gasteiger partial charge >= 0.3 is 0 Å². The highest BCUT2D eigenvalue weighted by atomic mass is 16.2. The van der Waals surface area contributed by atoms with Crippen molar-refractivity contribution in [3.63, 3.8) is 0 Å². The predicted molar refractivity (Wildman–Crippen MR) is 99.3 cm³/mol. The molecule has 0 bridgehead atoms. The lowest BCUT2D eigenvalue weighted by atomic mass is 9.78. The largest absolute Gasteiger partial charge is 0.347 e. The van der Waals surface area contributed by atoms with Gasteiger partial charge in [0.1, 0.15) is 0 Å². The Bertz CT molecular complexity index is 957. The van der Waals surface area contributed by atoms with Crippen LogP contribution in [0.1, 0.15) is 29.2 Å². The van der Waals surface area contributed by atoms with Crippen LogP contribution in [0.5, 0.6) is 0 Å². The van der Waals surface area contributed by atoms with Crippen molar-refractivity contribution in [2.24, 2.45) is 13.0 Å². The normalized spacial score (nSPS) is 22.3. The number of carbonyl (C=O) groups is 1. The molecule has 0 N–H and O–H groups in total. The second-order valence-electron chi connectivity index (χ2n) is 7.42. The number of para-hydroxylation sites is 1. The minimum absolute atomic E-state index is 0.0403. The van der Waals surface area contributed by atoms with E-state index in [1.54, 1.807) is 0 Å². The van der Waals surface area contributed by atoms with Crippen molar-refractivity contribution in [3.05, 3.63) is 71.4 Å². The fourth-order valence-electron chi connectivity index (χ4n) is 4.89. The standard InChI is InChI=1S/C22H22N2O/c1-23-18-10-6-5-9-17(18)21-19(23)12-11-16-14-24(22(25)20(16)21)13-15-7-3-2-4-8-15/h2-10,16,20H,11-14H2,1H3/t16-,20+/m0/s1. The molecule has 0 saturated carbocycles. The van der Waals surface area contributed by atoms with E-state index in [0.717, 1.165) is 25.9 Å².